The van der Waals surface area contributed by atoms with Crippen LogP contribution in [0.2, 0.25) is 5.02 Å². The minimum Gasteiger partial charge on any atom is -0.394 e. The van der Waals surface area contributed by atoms with Gasteiger partial charge in [0.15, 0.2) is 11.5 Å². The maximum Gasteiger partial charge on any atom is 0.248 e. The third-order valence-electron chi connectivity index (χ3n) is 5.73. The minimum absolute atomic E-state index is 0.0680. The van der Waals surface area contributed by atoms with Gasteiger partial charge in [0, 0.05) is 23.2 Å². The molecule has 11 nitrogen and oxygen atoms in total. The van der Waals surface area contributed by atoms with E-state index in [0.29, 0.717) is 56.3 Å². The summed E-state index contributed by atoms with van der Waals surface area (Å²) < 4.78 is 5.20. The average molecular weight is 494 g/mol. The highest BCUT2D eigenvalue weighted by molar-refractivity contribution is 6.39. The Balaban J connectivity index is 1.93. The number of fused-ring (bicyclic) bond motifs is 2. The number of nitrogen functional groups attached to an aromatic ring is 1. The van der Waals surface area contributed by atoms with Gasteiger partial charge in [-0.1, -0.05) is 17.7 Å². The number of nitrogens with two attached hydrogens (primary N) is 2. The predicted octanol–water partition coefficient (Wildman–Crippen LogP) is 2.72. The Bertz CT molecular complexity index is 1610. The highest BCUT2D eigenvalue weighted by atomic mass is 35.5. The number of aromatic nitrogens is 7. The maximum atomic E-state index is 12.0. The third kappa shape index (κ3) is 3.60. The number of carbonyl (C=O) groups is 1. The molecule has 4 aromatic heterocycles. The molecule has 5 aromatic rings. The molecule has 0 bridgehead atoms. The lowest BCUT2D eigenvalue weighted by atomic mass is 10.1. The summed E-state index contributed by atoms with van der Waals surface area (Å²) >= 11 is 6.98. The van der Waals surface area contributed by atoms with Gasteiger partial charge in [-0.05, 0) is 32.9 Å². The summed E-state index contributed by atoms with van der Waals surface area (Å²) in [6, 6.07) is 6.82. The Morgan fingerprint density at radius 2 is 1.94 bits per heavy atom. The molecule has 0 fully saturated rings. The van der Waals surface area contributed by atoms with Crippen molar-refractivity contribution in [3.05, 3.63) is 47.4 Å². The highest BCUT2D eigenvalue weighted by Crippen LogP contribution is 2.43. The standard InChI is InChI=1S/C23H24ClN9O2/c1-23(2,3)33-22-16(20(25)27-11-28-22)18(30-33)19-17(24)13-5-4-12(21(26)35)10-14(13)32(19)15-6-7-31(29-15)8-9-34/h4-7,10-11,34H,8-9H2,1-3H3,(H2,26,35)(H2,25,27,28). The van der Waals surface area contributed by atoms with Crippen LogP contribution in [0.1, 0.15) is 31.1 Å². The van der Waals surface area contributed by atoms with Gasteiger partial charge in [0.2, 0.25) is 5.91 Å². The fraction of sp³-hybridized carbons (Fsp3) is 0.261. The van der Waals surface area contributed by atoms with E-state index >= 15 is 0 Å². The number of anilines is 1. The molecular formula is C23H24ClN9O2. The molecule has 12 heteroatoms. The van der Waals surface area contributed by atoms with Crippen molar-refractivity contribution in [3.8, 4) is 17.2 Å². The average Bonchev–Trinajstić information content (AvgIpc) is 3.48. The Hall–Kier alpha value is -3.96. The zero-order chi connectivity index (χ0) is 25.1. The molecule has 0 saturated carbocycles. The topological polar surface area (TPSA) is 156 Å². The smallest absolute Gasteiger partial charge is 0.248 e. The van der Waals surface area contributed by atoms with E-state index in [0.717, 1.165) is 0 Å². The number of halogens is 1. The van der Waals surface area contributed by atoms with Gasteiger partial charge in [-0.2, -0.15) is 10.2 Å². The molecule has 5 rings (SSSR count). The second-order valence-corrected chi connectivity index (χ2v) is 9.52. The zero-order valence-electron chi connectivity index (χ0n) is 19.4. The molecule has 0 unspecified atom stereocenters. The van der Waals surface area contributed by atoms with Crippen LogP contribution in [0.15, 0.2) is 36.8 Å². The largest absolute Gasteiger partial charge is 0.394 e. The molecule has 1 aromatic carbocycles. The Morgan fingerprint density at radius 3 is 2.63 bits per heavy atom. The quantitative estimate of drug-likeness (QED) is 0.339. The van der Waals surface area contributed by atoms with Gasteiger partial charge in [0.25, 0.3) is 0 Å². The summed E-state index contributed by atoms with van der Waals surface area (Å²) in [7, 11) is 0. The first-order valence-corrected chi connectivity index (χ1v) is 11.3. The summed E-state index contributed by atoms with van der Waals surface area (Å²) in [6.45, 7) is 6.27. The SMILES string of the molecule is CC(C)(C)n1nc(-c2c(Cl)c3ccc(C(N)=O)cc3n2-c2ccn(CCO)n2)c2c(N)ncnc21. The minimum atomic E-state index is -0.566. The van der Waals surface area contributed by atoms with Crippen molar-refractivity contribution in [1.29, 1.82) is 0 Å². The van der Waals surface area contributed by atoms with Gasteiger partial charge < -0.3 is 16.6 Å². The first-order valence-electron chi connectivity index (χ1n) is 10.9. The molecule has 0 aliphatic heterocycles. The molecule has 0 aliphatic carbocycles. The third-order valence-corrected chi connectivity index (χ3v) is 6.11. The van der Waals surface area contributed by atoms with Crippen LogP contribution in [0.4, 0.5) is 5.82 Å². The van der Waals surface area contributed by atoms with E-state index in [2.05, 4.69) is 15.1 Å². The Kier molecular flexibility index (Phi) is 5.26. The summed E-state index contributed by atoms with van der Waals surface area (Å²) in [5.41, 5.74) is 14.0. The van der Waals surface area contributed by atoms with Crippen molar-refractivity contribution in [2.75, 3.05) is 12.3 Å². The van der Waals surface area contributed by atoms with Crippen molar-refractivity contribution in [2.24, 2.45) is 5.73 Å². The predicted molar refractivity (Wildman–Crippen MR) is 133 cm³/mol. The van der Waals surface area contributed by atoms with E-state index in [1.165, 1.54) is 6.33 Å². The fourth-order valence-electron chi connectivity index (χ4n) is 4.15. The van der Waals surface area contributed by atoms with Gasteiger partial charge in [-0.25, -0.2) is 14.6 Å². The van der Waals surface area contributed by atoms with Crippen LogP contribution in [0.3, 0.4) is 0 Å². The normalized spacial score (nSPS) is 12.1. The van der Waals surface area contributed by atoms with E-state index in [9.17, 15) is 9.90 Å². The van der Waals surface area contributed by atoms with Crippen LogP contribution < -0.4 is 11.5 Å². The molecule has 0 saturated heterocycles. The van der Waals surface area contributed by atoms with Crippen LogP contribution >= 0.6 is 11.6 Å². The molecule has 35 heavy (non-hydrogen) atoms. The van der Waals surface area contributed by atoms with Crippen LogP contribution in [0.25, 0.3) is 39.1 Å². The molecular weight excluding hydrogens is 470 g/mol. The molecule has 0 radical (unpaired) electrons. The van der Waals surface area contributed by atoms with E-state index in [1.54, 1.807) is 44.4 Å². The first-order chi connectivity index (χ1) is 16.6. The van der Waals surface area contributed by atoms with Crippen molar-refractivity contribution >= 4 is 45.3 Å². The van der Waals surface area contributed by atoms with Gasteiger partial charge in [-0.3, -0.25) is 14.0 Å². The lowest BCUT2D eigenvalue weighted by Crippen LogP contribution is -2.23. The molecule has 0 atom stereocenters. The van der Waals surface area contributed by atoms with E-state index < -0.39 is 11.4 Å². The van der Waals surface area contributed by atoms with E-state index in [4.69, 9.17) is 28.2 Å². The Labute approximate surface area is 204 Å². The van der Waals surface area contributed by atoms with Gasteiger partial charge in [-0.15, -0.1) is 0 Å². The van der Waals surface area contributed by atoms with E-state index in [-0.39, 0.29) is 12.4 Å². The van der Waals surface area contributed by atoms with Crippen molar-refractivity contribution in [2.45, 2.75) is 32.9 Å². The fourth-order valence-corrected chi connectivity index (χ4v) is 4.49. The number of nitrogens with zero attached hydrogens (tertiary/aromatic N) is 7. The molecule has 4 heterocycles. The number of rotatable bonds is 5. The van der Waals surface area contributed by atoms with Crippen LogP contribution in [0, 0.1) is 0 Å². The molecule has 5 N–H and O–H groups in total. The van der Waals surface area contributed by atoms with Crippen LogP contribution in [0.5, 0.6) is 0 Å². The van der Waals surface area contributed by atoms with Gasteiger partial charge in [0.05, 0.1) is 40.3 Å². The number of carbonyl (C=O) groups excluding carboxylic acids is 1. The monoisotopic (exact) mass is 493 g/mol. The van der Waals surface area contributed by atoms with Gasteiger partial charge >= 0.3 is 0 Å². The van der Waals surface area contributed by atoms with Crippen molar-refractivity contribution in [3.63, 3.8) is 0 Å². The lowest BCUT2D eigenvalue weighted by molar-refractivity contribution is 0.100. The second kappa shape index (κ2) is 8.07. The molecule has 1 amide bonds. The summed E-state index contributed by atoms with van der Waals surface area (Å²) in [4.78, 5) is 20.6. The number of primary amides is 1. The molecule has 180 valence electrons. The van der Waals surface area contributed by atoms with E-state index in [1.807, 2.05) is 20.8 Å². The number of amides is 1. The highest BCUT2D eigenvalue weighted by Gasteiger charge is 2.29. The first kappa shape index (κ1) is 22.8. The van der Waals surface area contributed by atoms with Gasteiger partial charge in [0.1, 0.15) is 17.8 Å². The number of aliphatic hydroxyl groups is 1. The summed E-state index contributed by atoms with van der Waals surface area (Å²) in [6.07, 6.45) is 3.15. The zero-order valence-corrected chi connectivity index (χ0v) is 20.2. The lowest BCUT2D eigenvalue weighted by Gasteiger charge is -2.19. The maximum absolute atomic E-state index is 12.0. The molecule has 0 aliphatic rings. The Morgan fingerprint density at radius 1 is 1.17 bits per heavy atom. The summed E-state index contributed by atoms with van der Waals surface area (Å²) in [5.74, 6) is 0.209. The number of hydrogen-bond acceptors (Lipinski definition) is 7. The second-order valence-electron chi connectivity index (χ2n) is 9.14. The molecule has 0 spiro atoms. The van der Waals surface area contributed by atoms with Crippen molar-refractivity contribution in [1.82, 2.24) is 34.1 Å². The summed E-state index contributed by atoms with van der Waals surface area (Å²) in [5, 5.41) is 20.5. The number of aliphatic hydroxyl groups excluding tert-OH is 1. The van der Waals surface area contributed by atoms with Crippen molar-refractivity contribution < 1.29 is 9.90 Å². The number of benzene rings is 1. The van der Waals surface area contributed by atoms with Crippen LogP contribution in [-0.4, -0.2) is 51.7 Å². The number of hydrogen-bond donors (Lipinski definition) is 3. The van der Waals surface area contributed by atoms with Crippen LogP contribution in [-0.2, 0) is 12.1 Å².